The summed E-state index contributed by atoms with van der Waals surface area (Å²) >= 11 is 0. The molecule has 4 heteroatoms. The predicted molar refractivity (Wildman–Crippen MR) is 64.8 cm³/mol. The molecular weight excluding hydrogens is 208 g/mol. The summed E-state index contributed by atoms with van der Waals surface area (Å²) < 4.78 is 10.7. The average Bonchev–Trinajstić information content (AvgIpc) is 2.09. The lowest BCUT2D eigenvalue weighted by atomic mass is 10.1. The molecule has 0 fully saturated rings. The van der Waals surface area contributed by atoms with Gasteiger partial charge in [0.25, 0.3) is 0 Å². The zero-order chi connectivity index (χ0) is 11.7. The first-order chi connectivity index (χ1) is 6.95. The van der Waals surface area contributed by atoms with Crippen LogP contribution in [0.15, 0.2) is 0 Å². The lowest BCUT2D eigenvalue weighted by Gasteiger charge is -2.15. The highest BCUT2D eigenvalue weighted by atomic mass is 28.3. The lowest BCUT2D eigenvalue weighted by molar-refractivity contribution is -0.109. The molecule has 90 valence electrons. The third-order valence-corrected chi connectivity index (χ3v) is 3.77. The minimum Gasteiger partial charge on any atom is -0.356 e. The van der Waals surface area contributed by atoms with E-state index in [0.717, 1.165) is 12.9 Å². The molecule has 0 spiro atoms. The van der Waals surface area contributed by atoms with Gasteiger partial charge in [0.1, 0.15) is 13.1 Å². The summed E-state index contributed by atoms with van der Waals surface area (Å²) in [5.41, 5.74) is 0. The largest absolute Gasteiger partial charge is 0.356 e. The van der Waals surface area contributed by atoms with Crippen LogP contribution in [0.25, 0.3) is 0 Å². The Labute approximate surface area is 94.2 Å². The van der Waals surface area contributed by atoms with Gasteiger partial charge < -0.3 is 14.3 Å². The van der Waals surface area contributed by atoms with Crippen molar-refractivity contribution < 1.29 is 14.3 Å². The lowest BCUT2D eigenvalue weighted by Crippen LogP contribution is -2.22. The Morgan fingerprint density at radius 2 is 1.93 bits per heavy atom. The molecular formula is C11H24O3Si. The average molecular weight is 232 g/mol. The van der Waals surface area contributed by atoms with Crippen LogP contribution >= 0.6 is 0 Å². The molecule has 1 atom stereocenters. The highest BCUT2D eigenvalue weighted by Gasteiger charge is 2.11. The van der Waals surface area contributed by atoms with Gasteiger partial charge in [-0.15, -0.1) is 0 Å². The SMILES string of the molecule is C[C@H](CC=O)COCOCC[Si](C)(C)C. The van der Waals surface area contributed by atoms with Crippen molar-refractivity contribution in [3.05, 3.63) is 0 Å². The number of hydrogen-bond acceptors (Lipinski definition) is 3. The number of carbonyl (C=O) groups is 1. The van der Waals surface area contributed by atoms with E-state index in [-0.39, 0.29) is 0 Å². The van der Waals surface area contributed by atoms with Crippen LogP contribution in [0.5, 0.6) is 0 Å². The summed E-state index contributed by atoms with van der Waals surface area (Å²) in [7, 11) is -0.979. The van der Waals surface area contributed by atoms with Gasteiger partial charge in [-0.1, -0.05) is 26.6 Å². The van der Waals surface area contributed by atoms with Crippen molar-refractivity contribution in [2.75, 3.05) is 20.0 Å². The molecule has 0 rings (SSSR count). The van der Waals surface area contributed by atoms with Crippen LogP contribution in [0.3, 0.4) is 0 Å². The van der Waals surface area contributed by atoms with Crippen LogP contribution in [0.1, 0.15) is 13.3 Å². The summed E-state index contributed by atoms with van der Waals surface area (Å²) in [5, 5.41) is 0. The van der Waals surface area contributed by atoms with Crippen molar-refractivity contribution >= 4 is 14.4 Å². The smallest absolute Gasteiger partial charge is 0.146 e. The molecule has 0 aromatic carbocycles. The molecule has 0 aromatic heterocycles. The fourth-order valence-electron chi connectivity index (χ4n) is 0.978. The molecule has 0 saturated heterocycles. The second-order valence-electron chi connectivity index (χ2n) is 5.22. The number of rotatable bonds is 9. The third-order valence-electron chi connectivity index (χ3n) is 2.06. The highest BCUT2D eigenvalue weighted by molar-refractivity contribution is 6.76. The fraction of sp³-hybridized carbons (Fsp3) is 0.909. The Morgan fingerprint density at radius 3 is 2.47 bits per heavy atom. The zero-order valence-electron chi connectivity index (χ0n) is 10.4. The third kappa shape index (κ3) is 11.7. The first-order valence-corrected chi connectivity index (χ1v) is 9.25. The topological polar surface area (TPSA) is 35.5 Å². The van der Waals surface area contributed by atoms with Gasteiger partial charge in [0.05, 0.1) is 6.61 Å². The van der Waals surface area contributed by atoms with Crippen molar-refractivity contribution in [3.63, 3.8) is 0 Å². The summed E-state index contributed by atoms with van der Waals surface area (Å²) in [4.78, 5) is 10.2. The number of aldehydes is 1. The first kappa shape index (κ1) is 14.8. The van der Waals surface area contributed by atoms with Gasteiger partial charge in [-0.3, -0.25) is 0 Å². The predicted octanol–water partition coefficient (Wildman–Crippen LogP) is 2.54. The molecule has 0 saturated carbocycles. The van der Waals surface area contributed by atoms with Crippen molar-refractivity contribution in [1.82, 2.24) is 0 Å². The van der Waals surface area contributed by atoms with E-state index in [0.29, 0.717) is 25.7 Å². The van der Waals surface area contributed by atoms with Crippen LogP contribution in [-0.4, -0.2) is 34.4 Å². The molecule has 0 radical (unpaired) electrons. The molecule has 0 unspecified atom stereocenters. The molecule has 0 aliphatic heterocycles. The summed E-state index contributed by atoms with van der Waals surface area (Å²) in [5.74, 6) is 0.295. The molecule has 0 aliphatic rings. The monoisotopic (exact) mass is 232 g/mol. The standard InChI is InChI=1S/C11H24O3Si/c1-11(5-6-12)9-14-10-13-7-8-15(2,3)4/h6,11H,5,7-10H2,1-4H3/t11-/m1/s1. The minimum absolute atomic E-state index is 0.295. The number of hydrogen-bond donors (Lipinski definition) is 0. The van der Waals surface area contributed by atoms with Crippen LogP contribution < -0.4 is 0 Å². The van der Waals surface area contributed by atoms with Gasteiger partial charge in [-0.05, 0) is 12.0 Å². The first-order valence-electron chi connectivity index (χ1n) is 5.55. The van der Waals surface area contributed by atoms with Crippen LogP contribution in [0.4, 0.5) is 0 Å². The maximum absolute atomic E-state index is 10.2. The van der Waals surface area contributed by atoms with E-state index < -0.39 is 8.07 Å². The fourth-order valence-corrected chi connectivity index (χ4v) is 1.73. The maximum atomic E-state index is 10.2. The molecule has 3 nitrogen and oxygen atoms in total. The molecule has 0 aliphatic carbocycles. The van der Waals surface area contributed by atoms with Crippen molar-refractivity contribution in [2.24, 2.45) is 5.92 Å². The van der Waals surface area contributed by atoms with E-state index >= 15 is 0 Å². The number of carbonyl (C=O) groups excluding carboxylic acids is 1. The van der Waals surface area contributed by atoms with E-state index in [1.54, 1.807) is 0 Å². The van der Waals surface area contributed by atoms with Gasteiger partial charge in [-0.25, -0.2) is 0 Å². The van der Waals surface area contributed by atoms with E-state index in [2.05, 4.69) is 19.6 Å². The summed E-state index contributed by atoms with van der Waals surface area (Å²) in [6.45, 7) is 10.7. The van der Waals surface area contributed by atoms with Crippen molar-refractivity contribution in [1.29, 1.82) is 0 Å². The van der Waals surface area contributed by atoms with Crippen LogP contribution in [0.2, 0.25) is 25.7 Å². The molecule has 0 amide bonds. The zero-order valence-corrected chi connectivity index (χ0v) is 11.4. The minimum atomic E-state index is -0.979. The van der Waals surface area contributed by atoms with Crippen LogP contribution in [-0.2, 0) is 14.3 Å². The van der Waals surface area contributed by atoms with Crippen molar-refractivity contribution in [2.45, 2.75) is 39.0 Å². The van der Waals surface area contributed by atoms with Gasteiger partial charge in [0.15, 0.2) is 0 Å². The Morgan fingerprint density at radius 1 is 1.27 bits per heavy atom. The van der Waals surface area contributed by atoms with Gasteiger partial charge in [-0.2, -0.15) is 0 Å². The Hall–Kier alpha value is -0.193. The second kappa shape index (κ2) is 8.02. The maximum Gasteiger partial charge on any atom is 0.146 e. The molecule has 0 N–H and O–H groups in total. The summed E-state index contributed by atoms with van der Waals surface area (Å²) in [6, 6.07) is 1.17. The molecule has 0 heterocycles. The second-order valence-corrected chi connectivity index (χ2v) is 10.8. The Bertz CT molecular complexity index is 166. The molecule has 15 heavy (non-hydrogen) atoms. The van der Waals surface area contributed by atoms with Crippen LogP contribution in [0, 0.1) is 5.92 Å². The van der Waals surface area contributed by atoms with Gasteiger partial charge in [0, 0.05) is 21.1 Å². The number of ether oxygens (including phenoxy) is 2. The quantitative estimate of drug-likeness (QED) is 0.265. The molecule has 0 bridgehead atoms. The van der Waals surface area contributed by atoms with E-state index in [9.17, 15) is 4.79 Å². The van der Waals surface area contributed by atoms with Gasteiger partial charge in [0.2, 0.25) is 0 Å². The van der Waals surface area contributed by atoms with E-state index in [1.807, 2.05) is 6.92 Å². The van der Waals surface area contributed by atoms with E-state index in [1.165, 1.54) is 6.04 Å². The highest BCUT2D eigenvalue weighted by Crippen LogP contribution is 2.07. The molecule has 0 aromatic rings. The van der Waals surface area contributed by atoms with Crippen molar-refractivity contribution in [3.8, 4) is 0 Å². The van der Waals surface area contributed by atoms with Gasteiger partial charge >= 0.3 is 0 Å². The normalized spacial score (nSPS) is 13.9. The summed E-state index contributed by atoms with van der Waals surface area (Å²) in [6.07, 6.45) is 1.50. The van der Waals surface area contributed by atoms with E-state index in [4.69, 9.17) is 9.47 Å². The Kier molecular flexibility index (Phi) is 7.91. The Balaban J connectivity index is 3.21.